The second kappa shape index (κ2) is 6.12. The molecule has 0 saturated carbocycles. The predicted octanol–water partition coefficient (Wildman–Crippen LogP) is 5.69. The standard InChI is InChI=1S/C18H12BrNO2/c19-18-11-10-16(20(21)22)12-17(18)15-8-6-14(7-9-15)13-4-2-1-3-5-13/h1-12H. The summed E-state index contributed by atoms with van der Waals surface area (Å²) in [6.07, 6.45) is 0. The van der Waals surface area contributed by atoms with E-state index in [-0.39, 0.29) is 10.6 Å². The van der Waals surface area contributed by atoms with E-state index in [1.165, 1.54) is 6.07 Å². The molecular weight excluding hydrogens is 342 g/mol. The number of nitro benzene ring substituents is 1. The van der Waals surface area contributed by atoms with E-state index in [1.807, 2.05) is 42.5 Å². The minimum atomic E-state index is -0.381. The van der Waals surface area contributed by atoms with Crippen LogP contribution in [0.15, 0.2) is 77.3 Å². The Morgan fingerprint density at radius 3 is 2.00 bits per heavy atom. The van der Waals surface area contributed by atoms with E-state index in [0.29, 0.717) is 0 Å². The topological polar surface area (TPSA) is 43.1 Å². The van der Waals surface area contributed by atoms with Crippen LogP contribution in [0.1, 0.15) is 0 Å². The fourth-order valence-corrected chi connectivity index (χ4v) is 2.80. The summed E-state index contributed by atoms with van der Waals surface area (Å²) in [6, 6.07) is 22.9. The molecule has 0 N–H and O–H groups in total. The van der Waals surface area contributed by atoms with Crippen LogP contribution in [-0.2, 0) is 0 Å². The van der Waals surface area contributed by atoms with E-state index < -0.39 is 0 Å². The van der Waals surface area contributed by atoms with Crippen molar-refractivity contribution < 1.29 is 4.92 Å². The highest BCUT2D eigenvalue weighted by molar-refractivity contribution is 9.10. The monoisotopic (exact) mass is 353 g/mol. The van der Waals surface area contributed by atoms with Crippen LogP contribution in [-0.4, -0.2) is 4.92 Å². The first kappa shape index (κ1) is 14.5. The molecule has 0 fully saturated rings. The van der Waals surface area contributed by atoms with Crippen molar-refractivity contribution in [2.45, 2.75) is 0 Å². The van der Waals surface area contributed by atoms with Crippen LogP contribution in [0.2, 0.25) is 0 Å². The minimum absolute atomic E-state index is 0.0883. The number of rotatable bonds is 3. The Morgan fingerprint density at radius 2 is 1.36 bits per heavy atom. The predicted molar refractivity (Wildman–Crippen MR) is 91.7 cm³/mol. The van der Waals surface area contributed by atoms with Crippen LogP contribution in [0.5, 0.6) is 0 Å². The summed E-state index contributed by atoms with van der Waals surface area (Å²) in [4.78, 5) is 10.5. The highest BCUT2D eigenvalue weighted by atomic mass is 79.9. The molecule has 0 aliphatic carbocycles. The number of hydrogen-bond acceptors (Lipinski definition) is 2. The van der Waals surface area contributed by atoms with E-state index in [4.69, 9.17) is 0 Å². The maximum absolute atomic E-state index is 10.9. The van der Waals surface area contributed by atoms with Gasteiger partial charge in [-0.1, -0.05) is 70.5 Å². The molecule has 0 heterocycles. The molecule has 0 aromatic heterocycles. The van der Waals surface area contributed by atoms with Crippen molar-refractivity contribution in [3.05, 3.63) is 87.4 Å². The molecule has 0 aliphatic heterocycles. The van der Waals surface area contributed by atoms with Gasteiger partial charge in [0.15, 0.2) is 0 Å². The lowest BCUT2D eigenvalue weighted by molar-refractivity contribution is -0.384. The van der Waals surface area contributed by atoms with E-state index in [0.717, 1.165) is 26.7 Å². The number of nitrogens with zero attached hydrogens (tertiary/aromatic N) is 1. The van der Waals surface area contributed by atoms with Crippen molar-refractivity contribution in [1.82, 2.24) is 0 Å². The Balaban J connectivity index is 2.00. The summed E-state index contributed by atoms with van der Waals surface area (Å²) in [7, 11) is 0. The fourth-order valence-electron chi connectivity index (χ4n) is 2.32. The Kier molecular flexibility index (Phi) is 4.02. The lowest BCUT2D eigenvalue weighted by Crippen LogP contribution is -1.89. The van der Waals surface area contributed by atoms with Crippen molar-refractivity contribution in [2.75, 3.05) is 0 Å². The molecule has 3 nitrogen and oxygen atoms in total. The number of hydrogen-bond donors (Lipinski definition) is 0. The van der Waals surface area contributed by atoms with Crippen LogP contribution in [0, 0.1) is 10.1 Å². The number of halogens is 1. The van der Waals surface area contributed by atoms with Gasteiger partial charge in [-0.2, -0.15) is 0 Å². The summed E-state index contributed by atoms with van der Waals surface area (Å²) in [5.41, 5.74) is 4.10. The van der Waals surface area contributed by atoms with Gasteiger partial charge in [-0.25, -0.2) is 0 Å². The second-order valence-corrected chi connectivity index (χ2v) is 5.72. The Hall–Kier alpha value is -2.46. The van der Waals surface area contributed by atoms with Crippen molar-refractivity contribution >= 4 is 21.6 Å². The number of nitro groups is 1. The normalized spacial score (nSPS) is 10.4. The number of non-ortho nitro benzene ring substituents is 1. The lowest BCUT2D eigenvalue weighted by atomic mass is 10.00. The summed E-state index contributed by atoms with van der Waals surface area (Å²) >= 11 is 3.46. The first-order valence-corrected chi connectivity index (χ1v) is 7.54. The van der Waals surface area contributed by atoms with Crippen LogP contribution < -0.4 is 0 Å². The van der Waals surface area contributed by atoms with E-state index in [1.54, 1.807) is 12.1 Å². The molecule has 4 heteroatoms. The van der Waals surface area contributed by atoms with Crippen molar-refractivity contribution in [3.63, 3.8) is 0 Å². The van der Waals surface area contributed by atoms with Gasteiger partial charge >= 0.3 is 0 Å². The van der Waals surface area contributed by atoms with Gasteiger partial charge in [-0.3, -0.25) is 10.1 Å². The van der Waals surface area contributed by atoms with Crippen LogP contribution in [0.3, 0.4) is 0 Å². The van der Waals surface area contributed by atoms with Crippen molar-refractivity contribution in [3.8, 4) is 22.3 Å². The highest BCUT2D eigenvalue weighted by Crippen LogP contribution is 2.32. The Bertz CT molecular complexity index is 814. The van der Waals surface area contributed by atoms with Gasteiger partial charge in [0.2, 0.25) is 0 Å². The smallest absolute Gasteiger partial charge is 0.258 e. The first-order valence-electron chi connectivity index (χ1n) is 6.75. The number of benzene rings is 3. The van der Waals surface area contributed by atoms with Crippen LogP contribution >= 0.6 is 15.9 Å². The fraction of sp³-hybridized carbons (Fsp3) is 0. The van der Waals surface area contributed by atoms with Crippen LogP contribution in [0.25, 0.3) is 22.3 Å². The molecule has 0 amide bonds. The molecule has 22 heavy (non-hydrogen) atoms. The van der Waals surface area contributed by atoms with E-state index in [2.05, 4.69) is 28.1 Å². The molecule has 3 aromatic rings. The first-order chi connectivity index (χ1) is 10.6. The molecule has 3 aromatic carbocycles. The third-order valence-corrected chi connectivity index (χ3v) is 4.16. The van der Waals surface area contributed by atoms with Crippen molar-refractivity contribution in [1.29, 1.82) is 0 Å². The zero-order valence-corrected chi connectivity index (χ0v) is 13.2. The van der Waals surface area contributed by atoms with Gasteiger partial charge in [-0.15, -0.1) is 0 Å². The molecule has 0 spiro atoms. The maximum Gasteiger partial charge on any atom is 0.270 e. The van der Waals surface area contributed by atoms with E-state index in [9.17, 15) is 10.1 Å². The molecular formula is C18H12BrNO2. The molecule has 0 atom stereocenters. The average molecular weight is 354 g/mol. The van der Waals surface area contributed by atoms with Gasteiger partial charge in [-0.05, 0) is 22.8 Å². The Morgan fingerprint density at radius 1 is 0.773 bits per heavy atom. The molecule has 3 rings (SSSR count). The zero-order valence-electron chi connectivity index (χ0n) is 11.6. The second-order valence-electron chi connectivity index (χ2n) is 4.86. The van der Waals surface area contributed by atoms with E-state index >= 15 is 0 Å². The minimum Gasteiger partial charge on any atom is -0.258 e. The largest absolute Gasteiger partial charge is 0.270 e. The third kappa shape index (κ3) is 2.92. The van der Waals surface area contributed by atoms with Gasteiger partial charge in [0.05, 0.1) is 4.92 Å². The van der Waals surface area contributed by atoms with Gasteiger partial charge < -0.3 is 0 Å². The molecule has 0 unspecified atom stereocenters. The summed E-state index contributed by atoms with van der Waals surface area (Å²) in [5, 5.41) is 10.9. The molecule has 0 saturated heterocycles. The lowest BCUT2D eigenvalue weighted by Gasteiger charge is -2.07. The SMILES string of the molecule is O=[N+]([O-])c1ccc(Br)c(-c2ccc(-c3ccccc3)cc2)c1. The average Bonchev–Trinajstić information content (AvgIpc) is 2.56. The zero-order chi connectivity index (χ0) is 15.5. The molecule has 0 radical (unpaired) electrons. The highest BCUT2D eigenvalue weighted by Gasteiger charge is 2.11. The molecule has 108 valence electrons. The molecule has 0 bridgehead atoms. The molecule has 0 aliphatic rings. The van der Waals surface area contributed by atoms with Crippen LogP contribution in [0.4, 0.5) is 5.69 Å². The quantitative estimate of drug-likeness (QED) is 0.448. The summed E-state index contributed by atoms with van der Waals surface area (Å²) in [6.45, 7) is 0. The Labute approximate surface area is 136 Å². The van der Waals surface area contributed by atoms with Gasteiger partial charge in [0.1, 0.15) is 0 Å². The van der Waals surface area contributed by atoms with Crippen molar-refractivity contribution in [2.24, 2.45) is 0 Å². The van der Waals surface area contributed by atoms with Gasteiger partial charge in [0, 0.05) is 22.2 Å². The maximum atomic E-state index is 10.9. The summed E-state index contributed by atoms with van der Waals surface area (Å²) in [5.74, 6) is 0. The van der Waals surface area contributed by atoms with Gasteiger partial charge in [0.25, 0.3) is 5.69 Å². The third-order valence-electron chi connectivity index (χ3n) is 3.46. The summed E-state index contributed by atoms with van der Waals surface area (Å²) < 4.78 is 0.838.